The molecular weight excluding hydrogens is 210 g/mol. The molecule has 0 unspecified atom stereocenters. The molecule has 1 aromatic heterocycles. The molecule has 5 heteroatoms. The molecule has 4 nitrogen and oxygen atoms in total. The molecule has 0 spiro atoms. The van der Waals surface area contributed by atoms with E-state index in [9.17, 15) is 4.79 Å². The third-order valence-electron chi connectivity index (χ3n) is 2.25. The number of aromatic nitrogens is 2. The van der Waals surface area contributed by atoms with Gasteiger partial charge in [0.25, 0.3) is 5.56 Å². The van der Waals surface area contributed by atoms with Crippen LogP contribution in [0, 0.1) is 0 Å². The Kier molecular flexibility index (Phi) is 4.84. The van der Waals surface area contributed by atoms with Gasteiger partial charge in [0.15, 0.2) is 5.16 Å². The van der Waals surface area contributed by atoms with Gasteiger partial charge < -0.3 is 4.98 Å². The van der Waals surface area contributed by atoms with Gasteiger partial charge in [-0.3, -0.25) is 9.69 Å². The molecule has 0 aliphatic rings. The number of nitrogens with one attached hydrogen (secondary N) is 1. The summed E-state index contributed by atoms with van der Waals surface area (Å²) in [5.74, 6) is 0. The van der Waals surface area contributed by atoms with Crippen LogP contribution in [0.3, 0.4) is 0 Å². The molecular formula is C10H17N3OS. The largest absolute Gasteiger partial charge is 0.301 e. The summed E-state index contributed by atoms with van der Waals surface area (Å²) >= 11 is 1.45. The van der Waals surface area contributed by atoms with E-state index in [1.165, 1.54) is 11.8 Å². The molecule has 1 heterocycles. The fourth-order valence-corrected chi connectivity index (χ4v) is 1.75. The molecule has 0 bridgehead atoms. The quantitative estimate of drug-likeness (QED) is 0.609. The summed E-state index contributed by atoms with van der Waals surface area (Å²) in [6.45, 7) is 6.89. The van der Waals surface area contributed by atoms with E-state index in [1.54, 1.807) is 6.07 Å². The maximum Gasteiger partial charge on any atom is 0.251 e. The summed E-state index contributed by atoms with van der Waals surface area (Å²) in [4.78, 5) is 20.6. The number of rotatable bonds is 5. The van der Waals surface area contributed by atoms with E-state index in [0.29, 0.717) is 5.16 Å². The standard InChI is InChI=1S/C10H17N3OS/c1-4-13(5-2)7-8-6-9(14)12-10(11-8)15-3/h6H,4-5,7H2,1-3H3,(H,11,12,14). The highest BCUT2D eigenvalue weighted by Gasteiger charge is 2.04. The highest BCUT2D eigenvalue weighted by molar-refractivity contribution is 7.98. The van der Waals surface area contributed by atoms with Gasteiger partial charge in [-0.1, -0.05) is 25.6 Å². The second-order valence-corrected chi connectivity index (χ2v) is 4.00. The molecule has 1 N–H and O–H groups in total. The van der Waals surface area contributed by atoms with E-state index in [2.05, 4.69) is 28.7 Å². The summed E-state index contributed by atoms with van der Waals surface area (Å²) in [5, 5.41) is 0.685. The molecule has 15 heavy (non-hydrogen) atoms. The van der Waals surface area contributed by atoms with E-state index in [-0.39, 0.29) is 5.56 Å². The number of thioether (sulfide) groups is 1. The fraction of sp³-hybridized carbons (Fsp3) is 0.600. The Morgan fingerprint density at radius 2 is 2.13 bits per heavy atom. The minimum Gasteiger partial charge on any atom is -0.301 e. The van der Waals surface area contributed by atoms with E-state index >= 15 is 0 Å². The average molecular weight is 227 g/mol. The molecule has 0 fully saturated rings. The van der Waals surface area contributed by atoms with Gasteiger partial charge in [0.2, 0.25) is 0 Å². The SMILES string of the molecule is CCN(CC)Cc1cc(=O)[nH]c(SC)n1. The summed E-state index contributed by atoms with van der Waals surface area (Å²) in [6, 6.07) is 1.57. The maximum atomic E-state index is 11.3. The zero-order valence-electron chi connectivity index (χ0n) is 9.41. The molecule has 1 aromatic rings. The van der Waals surface area contributed by atoms with Gasteiger partial charge in [-0.25, -0.2) is 4.98 Å². The van der Waals surface area contributed by atoms with Crippen molar-refractivity contribution >= 4 is 11.8 Å². The third kappa shape index (κ3) is 3.68. The predicted octanol–water partition coefficient (Wildman–Crippen LogP) is 1.33. The molecule has 0 aromatic carbocycles. The second-order valence-electron chi connectivity index (χ2n) is 3.21. The molecule has 0 radical (unpaired) electrons. The second kappa shape index (κ2) is 5.92. The van der Waals surface area contributed by atoms with Crippen molar-refractivity contribution in [3.05, 3.63) is 22.1 Å². The molecule has 0 saturated carbocycles. The lowest BCUT2D eigenvalue weighted by molar-refractivity contribution is 0.291. The van der Waals surface area contributed by atoms with Crippen molar-refractivity contribution in [1.29, 1.82) is 0 Å². The number of H-pyrrole nitrogens is 1. The minimum absolute atomic E-state index is 0.0727. The topological polar surface area (TPSA) is 49.0 Å². The van der Waals surface area contributed by atoms with Crippen LogP contribution < -0.4 is 5.56 Å². The van der Waals surface area contributed by atoms with Crippen molar-refractivity contribution < 1.29 is 0 Å². The number of hydrogen-bond acceptors (Lipinski definition) is 4. The first kappa shape index (κ1) is 12.3. The molecule has 0 saturated heterocycles. The van der Waals surface area contributed by atoms with Gasteiger partial charge in [0.1, 0.15) is 0 Å². The number of hydrogen-bond donors (Lipinski definition) is 1. The van der Waals surface area contributed by atoms with Crippen LogP contribution in [-0.4, -0.2) is 34.2 Å². The summed E-state index contributed by atoms with van der Waals surface area (Å²) in [7, 11) is 0. The smallest absolute Gasteiger partial charge is 0.251 e. The number of aromatic amines is 1. The van der Waals surface area contributed by atoms with Crippen molar-refractivity contribution in [3.8, 4) is 0 Å². The highest BCUT2D eigenvalue weighted by atomic mass is 32.2. The Morgan fingerprint density at radius 3 is 2.67 bits per heavy atom. The van der Waals surface area contributed by atoms with Crippen molar-refractivity contribution in [2.24, 2.45) is 0 Å². The molecule has 0 aliphatic carbocycles. The van der Waals surface area contributed by atoms with Gasteiger partial charge in [-0.05, 0) is 19.3 Å². The van der Waals surface area contributed by atoms with Gasteiger partial charge in [0.05, 0.1) is 5.69 Å². The molecule has 84 valence electrons. The Balaban J connectivity index is 2.84. The van der Waals surface area contributed by atoms with Crippen LogP contribution in [0.5, 0.6) is 0 Å². The first-order valence-electron chi connectivity index (χ1n) is 5.06. The van der Waals surface area contributed by atoms with Crippen LogP contribution in [0.2, 0.25) is 0 Å². The Bertz CT molecular complexity index is 360. The maximum absolute atomic E-state index is 11.3. The van der Waals surface area contributed by atoms with Crippen molar-refractivity contribution in [2.45, 2.75) is 25.5 Å². The van der Waals surface area contributed by atoms with E-state index in [4.69, 9.17) is 0 Å². The Hall–Kier alpha value is -0.810. The average Bonchev–Trinajstić information content (AvgIpc) is 2.25. The van der Waals surface area contributed by atoms with Crippen molar-refractivity contribution in [3.63, 3.8) is 0 Å². The lowest BCUT2D eigenvalue weighted by atomic mass is 10.3. The van der Waals surface area contributed by atoms with Crippen molar-refractivity contribution in [2.75, 3.05) is 19.3 Å². The summed E-state index contributed by atoms with van der Waals surface area (Å²) in [5.41, 5.74) is 0.767. The zero-order valence-corrected chi connectivity index (χ0v) is 10.2. The predicted molar refractivity (Wildman–Crippen MR) is 63.3 cm³/mol. The Labute approximate surface area is 94.1 Å². The minimum atomic E-state index is -0.0727. The number of nitrogens with zero attached hydrogens (tertiary/aromatic N) is 2. The van der Waals surface area contributed by atoms with Crippen LogP contribution in [-0.2, 0) is 6.54 Å². The molecule has 0 atom stereocenters. The first-order chi connectivity index (χ1) is 7.19. The molecule has 0 aliphatic heterocycles. The normalized spacial score (nSPS) is 10.9. The molecule has 0 amide bonds. The van der Waals surface area contributed by atoms with E-state index in [1.807, 2.05) is 6.26 Å². The van der Waals surface area contributed by atoms with Crippen molar-refractivity contribution in [1.82, 2.24) is 14.9 Å². The van der Waals surface area contributed by atoms with Gasteiger partial charge >= 0.3 is 0 Å². The van der Waals surface area contributed by atoms with Crippen LogP contribution in [0.1, 0.15) is 19.5 Å². The Morgan fingerprint density at radius 1 is 1.47 bits per heavy atom. The van der Waals surface area contributed by atoms with Gasteiger partial charge in [-0.15, -0.1) is 0 Å². The van der Waals surface area contributed by atoms with E-state index in [0.717, 1.165) is 25.3 Å². The van der Waals surface area contributed by atoms with Crippen LogP contribution in [0.15, 0.2) is 16.0 Å². The first-order valence-corrected chi connectivity index (χ1v) is 6.28. The lowest BCUT2D eigenvalue weighted by Crippen LogP contribution is -2.24. The van der Waals surface area contributed by atoms with E-state index < -0.39 is 0 Å². The summed E-state index contributed by atoms with van der Waals surface area (Å²) in [6.07, 6.45) is 1.90. The lowest BCUT2D eigenvalue weighted by Gasteiger charge is -2.17. The highest BCUT2D eigenvalue weighted by Crippen LogP contribution is 2.07. The molecule has 1 rings (SSSR count). The van der Waals surface area contributed by atoms with Crippen LogP contribution in [0.25, 0.3) is 0 Å². The van der Waals surface area contributed by atoms with Gasteiger partial charge in [0, 0.05) is 12.6 Å². The fourth-order valence-electron chi connectivity index (χ4n) is 1.34. The summed E-state index contributed by atoms with van der Waals surface area (Å²) < 4.78 is 0. The zero-order chi connectivity index (χ0) is 11.3. The third-order valence-corrected chi connectivity index (χ3v) is 2.83. The monoisotopic (exact) mass is 227 g/mol. The van der Waals surface area contributed by atoms with Crippen LogP contribution >= 0.6 is 11.8 Å². The van der Waals surface area contributed by atoms with Gasteiger partial charge in [-0.2, -0.15) is 0 Å². The van der Waals surface area contributed by atoms with Crippen LogP contribution in [0.4, 0.5) is 0 Å².